The average molecular weight is 308 g/mol. The van der Waals surface area contributed by atoms with Crippen LogP contribution in [0.3, 0.4) is 0 Å². The molecule has 21 heavy (non-hydrogen) atoms. The number of rotatable bonds is 3. The number of anilines is 1. The van der Waals surface area contributed by atoms with Crippen molar-refractivity contribution < 1.29 is 14.3 Å². The third-order valence-corrected chi connectivity index (χ3v) is 3.49. The van der Waals surface area contributed by atoms with Gasteiger partial charge < -0.3 is 14.0 Å². The first-order chi connectivity index (χ1) is 10.1. The van der Waals surface area contributed by atoms with Gasteiger partial charge in [-0.3, -0.25) is 10.1 Å². The van der Waals surface area contributed by atoms with Crippen LogP contribution in [-0.4, -0.2) is 28.7 Å². The Bertz CT molecular complexity index is 684. The molecule has 2 heterocycles. The van der Waals surface area contributed by atoms with Gasteiger partial charge in [0.25, 0.3) is 0 Å². The lowest BCUT2D eigenvalue weighted by molar-refractivity contribution is -0.115. The number of fused-ring (bicyclic) bond motifs is 1. The molecule has 0 atom stereocenters. The van der Waals surface area contributed by atoms with Crippen molar-refractivity contribution in [3.63, 3.8) is 0 Å². The second-order valence-corrected chi connectivity index (χ2v) is 5.08. The van der Waals surface area contributed by atoms with Crippen LogP contribution in [0.25, 0.3) is 0 Å². The first-order valence-corrected chi connectivity index (χ1v) is 6.86. The minimum atomic E-state index is -0.192. The van der Waals surface area contributed by atoms with Crippen LogP contribution in [0.15, 0.2) is 24.5 Å². The van der Waals surface area contributed by atoms with Crippen molar-refractivity contribution in [1.29, 1.82) is 0 Å². The molecular formula is C14H14ClN3O3. The predicted molar refractivity (Wildman–Crippen MR) is 78.0 cm³/mol. The molecule has 1 aromatic carbocycles. The summed E-state index contributed by atoms with van der Waals surface area (Å²) in [5, 5.41) is 3.21. The summed E-state index contributed by atoms with van der Waals surface area (Å²) in [5.74, 6) is 1.53. The second-order valence-electron chi connectivity index (χ2n) is 4.67. The summed E-state index contributed by atoms with van der Waals surface area (Å²) in [6.07, 6.45) is 3.52. The fraction of sp³-hybridized carbons (Fsp3) is 0.286. The molecule has 6 nitrogen and oxygen atoms in total. The summed E-state index contributed by atoms with van der Waals surface area (Å²) in [4.78, 5) is 16.1. The van der Waals surface area contributed by atoms with Gasteiger partial charge in [0.05, 0.1) is 6.42 Å². The number of amides is 1. The highest BCUT2D eigenvalue weighted by Gasteiger charge is 2.17. The number of hydrogen-bond acceptors (Lipinski definition) is 4. The van der Waals surface area contributed by atoms with Gasteiger partial charge in [-0.05, 0) is 11.6 Å². The highest BCUT2D eigenvalue weighted by molar-refractivity contribution is 6.31. The Kier molecular flexibility index (Phi) is 3.70. The van der Waals surface area contributed by atoms with Gasteiger partial charge in [-0.15, -0.1) is 0 Å². The Morgan fingerprint density at radius 2 is 2.10 bits per heavy atom. The van der Waals surface area contributed by atoms with Crippen LogP contribution in [-0.2, 0) is 18.3 Å². The monoisotopic (exact) mass is 307 g/mol. The lowest BCUT2D eigenvalue weighted by Gasteiger charge is -2.19. The van der Waals surface area contributed by atoms with Gasteiger partial charge in [-0.25, -0.2) is 4.98 Å². The summed E-state index contributed by atoms with van der Waals surface area (Å²) >= 11 is 6.18. The molecule has 0 fully saturated rings. The van der Waals surface area contributed by atoms with E-state index in [0.717, 1.165) is 0 Å². The molecule has 1 N–H and O–H groups in total. The number of hydrogen-bond donors (Lipinski definition) is 1. The van der Waals surface area contributed by atoms with Crippen molar-refractivity contribution in [3.05, 3.63) is 35.1 Å². The van der Waals surface area contributed by atoms with Gasteiger partial charge in [0, 0.05) is 30.5 Å². The Balaban J connectivity index is 1.75. The minimum absolute atomic E-state index is 0.141. The van der Waals surface area contributed by atoms with Crippen LogP contribution in [0.1, 0.15) is 5.56 Å². The number of aryl methyl sites for hydroxylation is 1. The third-order valence-electron chi connectivity index (χ3n) is 3.13. The van der Waals surface area contributed by atoms with Crippen molar-refractivity contribution in [3.8, 4) is 11.5 Å². The molecule has 1 aliphatic rings. The largest absolute Gasteiger partial charge is 0.486 e. The molecule has 0 bridgehead atoms. The van der Waals surface area contributed by atoms with Crippen LogP contribution < -0.4 is 14.8 Å². The molecular weight excluding hydrogens is 294 g/mol. The zero-order chi connectivity index (χ0) is 14.8. The fourth-order valence-electron chi connectivity index (χ4n) is 2.07. The minimum Gasteiger partial charge on any atom is -0.486 e. The lowest BCUT2D eigenvalue weighted by Crippen LogP contribution is -2.18. The summed E-state index contributed by atoms with van der Waals surface area (Å²) in [7, 11) is 1.81. The van der Waals surface area contributed by atoms with E-state index < -0.39 is 0 Å². The zero-order valence-electron chi connectivity index (χ0n) is 11.4. The van der Waals surface area contributed by atoms with E-state index in [1.54, 1.807) is 36.1 Å². The van der Waals surface area contributed by atoms with Crippen molar-refractivity contribution in [2.24, 2.45) is 7.05 Å². The maximum atomic E-state index is 12.1. The molecule has 110 valence electrons. The van der Waals surface area contributed by atoms with Crippen molar-refractivity contribution in [2.75, 3.05) is 18.5 Å². The molecule has 2 aromatic rings. The normalized spacial score (nSPS) is 13.0. The van der Waals surface area contributed by atoms with E-state index in [-0.39, 0.29) is 12.3 Å². The van der Waals surface area contributed by atoms with E-state index in [0.29, 0.717) is 41.2 Å². The SMILES string of the molecule is Cn1ccnc1NC(=O)Cc1cc2c(cc1Cl)OCCO2. The van der Waals surface area contributed by atoms with E-state index in [1.165, 1.54) is 0 Å². The molecule has 0 unspecified atom stereocenters. The van der Waals surface area contributed by atoms with Crippen LogP contribution in [0, 0.1) is 0 Å². The third kappa shape index (κ3) is 2.95. The number of carbonyl (C=O) groups excluding carboxylic acids is 1. The highest BCUT2D eigenvalue weighted by atomic mass is 35.5. The summed E-state index contributed by atoms with van der Waals surface area (Å²) < 4.78 is 12.7. The number of imidazole rings is 1. The molecule has 3 rings (SSSR count). The van der Waals surface area contributed by atoms with E-state index in [9.17, 15) is 4.79 Å². The standard InChI is InChI=1S/C14H14ClN3O3/c1-18-3-2-16-14(18)17-13(19)7-9-6-11-12(8-10(9)15)21-5-4-20-11/h2-3,6,8H,4-5,7H2,1H3,(H,16,17,19). The molecule has 0 radical (unpaired) electrons. The molecule has 7 heteroatoms. The van der Waals surface area contributed by atoms with E-state index in [1.807, 2.05) is 0 Å². The van der Waals surface area contributed by atoms with Crippen LogP contribution in [0.5, 0.6) is 11.5 Å². The Morgan fingerprint density at radius 1 is 1.38 bits per heavy atom. The van der Waals surface area contributed by atoms with Crippen molar-refractivity contribution in [2.45, 2.75) is 6.42 Å². The van der Waals surface area contributed by atoms with Gasteiger partial charge in [-0.1, -0.05) is 11.6 Å². The zero-order valence-corrected chi connectivity index (χ0v) is 12.2. The molecule has 0 spiro atoms. The number of nitrogens with one attached hydrogen (secondary N) is 1. The van der Waals surface area contributed by atoms with E-state index in [4.69, 9.17) is 21.1 Å². The van der Waals surface area contributed by atoms with Gasteiger partial charge in [0.2, 0.25) is 11.9 Å². The van der Waals surface area contributed by atoms with Crippen LogP contribution in [0.2, 0.25) is 5.02 Å². The number of ether oxygens (including phenoxy) is 2. The molecule has 0 aliphatic carbocycles. The number of halogens is 1. The molecule has 0 saturated carbocycles. The maximum absolute atomic E-state index is 12.1. The quantitative estimate of drug-likeness (QED) is 0.942. The molecule has 1 aliphatic heterocycles. The maximum Gasteiger partial charge on any atom is 0.231 e. The first-order valence-electron chi connectivity index (χ1n) is 6.48. The van der Waals surface area contributed by atoms with E-state index in [2.05, 4.69) is 10.3 Å². The lowest BCUT2D eigenvalue weighted by atomic mass is 10.1. The smallest absolute Gasteiger partial charge is 0.231 e. The number of carbonyl (C=O) groups is 1. The first kappa shape index (κ1) is 13.8. The summed E-state index contributed by atoms with van der Waals surface area (Å²) in [6, 6.07) is 3.42. The van der Waals surface area contributed by atoms with Crippen molar-refractivity contribution in [1.82, 2.24) is 9.55 Å². The number of benzene rings is 1. The average Bonchev–Trinajstić information content (AvgIpc) is 2.85. The molecule has 1 amide bonds. The van der Waals surface area contributed by atoms with E-state index >= 15 is 0 Å². The van der Waals surface area contributed by atoms with Gasteiger partial charge >= 0.3 is 0 Å². The Morgan fingerprint density at radius 3 is 2.76 bits per heavy atom. The van der Waals surface area contributed by atoms with Crippen LogP contribution >= 0.6 is 11.6 Å². The van der Waals surface area contributed by atoms with Gasteiger partial charge in [0.15, 0.2) is 11.5 Å². The molecule has 0 saturated heterocycles. The second kappa shape index (κ2) is 5.65. The van der Waals surface area contributed by atoms with Gasteiger partial charge in [0.1, 0.15) is 13.2 Å². The molecule has 1 aromatic heterocycles. The predicted octanol–water partition coefficient (Wildman–Crippen LogP) is 2.03. The topological polar surface area (TPSA) is 65.4 Å². The summed E-state index contributed by atoms with van der Waals surface area (Å²) in [5.41, 5.74) is 0.688. The van der Waals surface area contributed by atoms with Crippen molar-refractivity contribution >= 4 is 23.5 Å². The number of aromatic nitrogens is 2. The number of nitrogens with zero attached hydrogens (tertiary/aromatic N) is 2. The van der Waals surface area contributed by atoms with Crippen LogP contribution in [0.4, 0.5) is 5.95 Å². The Hall–Kier alpha value is -2.21. The van der Waals surface area contributed by atoms with Gasteiger partial charge in [-0.2, -0.15) is 0 Å². The Labute approximate surface area is 126 Å². The summed E-state index contributed by atoms with van der Waals surface area (Å²) in [6.45, 7) is 0.996. The fourth-order valence-corrected chi connectivity index (χ4v) is 2.29. The highest BCUT2D eigenvalue weighted by Crippen LogP contribution is 2.35.